The molecule has 2 aromatic carbocycles. The molecule has 4 aromatic rings. The Morgan fingerprint density at radius 1 is 1.03 bits per heavy atom. The van der Waals surface area contributed by atoms with Gasteiger partial charge in [0, 0.05) is 11.9 Å². The summed E-state index contributed by atoms with van der Waals surface area (Å²) in [4.78, 5) is 28.8. The molecule has 29 heavy (non-hydrogen) atoms. The fourth-order valence-corrected chi connectivity index (χ4v) is 3.17. The van der Waals surface area contributed by atoms with E-state index in [0.29, 0.717) is 18.5 Å². The Kier molecular flexibility index (Phi) is 5.15. The van der Waals surface area contributed by atoms with Gasteiger partial charge in [0.1, 0.15) is 19.2 Å². The van der Waals surface area contributed by atoms with Crippen molar-refractivity contribution in [2.75, 3.05) is 0 Å². The first-order valence-electron chi connectivity index (χ1n) is 9.23. The van der Waals surface area contributed by atoms with E-state index in [1.165, 1.54) is 11.0 Å². The molecule has 4 rings (SSSR count). The molecular formula is C21H20N6O2. The summed E-state index contributed by atoms with van der Waals surface area (Å²) < 4.78 is 2.96. The minimum absolute atomic E-state index is 0.116. The Morgan fingerprint density at radius 3 is 2.48 bits per heavy atom. The van der Waals surface area contributed by atoms with E-state index in [1.54, 1.807) is 23.1 Å². The SMILES string of the molecule is Cc1nn(CC(=O)NCc2ccc(Cn3cncn3)cc2)c(=O)c2ccccc12. The first kappa shape index (κ1) is 18.5. The predicted molar refractivity (Wildman–Crippen MR) is 108 cm³/mol. The van der Waals surface area contributed by atoms with Crippen molar-refractivity contribution in [1.82, 2.24) is 29.9 Å². The molecule has 8 heteroatoms. The first-order chi connectivity index (χ1) is 14.1. The number of carbonyl (C=O) groups is 1. The number of hydrogen-bond acceptors (Lipinski definition) is 5. The number of rotatable bonds is 6. The molecule has 2 aromatic heterocycles. The molecule has 2 heterocycles. The number of nitrogens with one attached hydrogen (secondary N) is 1. The van der Waals surface area contributed by atoms with Gasteiger partial charge in [-0.3, -0.25) is 9.59 Å². The van der Waals surface area contributed by atoms with Gasteiger partial charge in [0.25, 0.3) is 5.56 Å². The van der Waals surface area contributed by atoms with Crippen LogP contribution in [0.25, 0.3) is 10.8 Å². The Labute approximate surface area is 166 Å². The summed E-state index contributed by atoms with van der Waals surface area (Å²) in [5, 5.41) is 12.6. The van der Waals surface area contributed by atoms with Crippen molar-refractivity contribution in [2.45, 2.75) is 26.6 Å². The molecule has 0 radical (unpaired) electrons. The van der Waals surface area contributed by atoms with Gasteiger partial charge in [-0.1, -0.05) is 42.5 Å². The van der Waals surface area contributed by atoms with E-state index in [2.05, 4.69) is 20.5 Å². The third-order valence-corrected chi connectivity index (χ3v) is 4.67. The van der Waals surface area contributed by atoms with Crippen LogP contribution in [0.2, 0.25) is 0 Å². The summed E-state index contributed by atoms with van der Waals surface area (Å²) >= 11 is 0. The highest BCUT2D eigenvalue weighted by molar-refractivity contribution is 5.83. The van der Waals surface area contributed by atoms with E-state index < -0.39 is 0 Å². The smallest absolute Gasteiger partial charge is 0.275 e. The molecule has 0 bridgehead atoms. The average molecular weight is 388 g/mol. The summed E-state index contributed by atoms with van der Waals surface area (Å²) in [6.45, 7) is 2.73. The highest BCUT2D eigenvalue weighted by Crippen LogP contribution is 2.11. The lowest BCUT2D eigenvalue weighted by molar-refractivity contribution is -0.122. The molecule has 8 nitrogen and oxygen atoms in total. The van der Waals surface area contributed by atoms with Crippen LogP contribution in [0.15, 0.2) is 66.0 Å². The number of hydrogen-bond donors (Lipinski definition) is 1. The largest absolute Gasteiger partial charge is 0.350 e. The van der Waals surface area contributed by atoms with Crippen LogP contribution in [0.4, 0.5) is 0 Å². The van der Waals surface area contributed by atoms with Gasteiger partial charge in [-0.15, -0.1) is 0 Å². The molecule has 1 N–H and O–H groups in total. The van der Waals surface area contributed by atoms with E-state index in [1.807, 2.05) is 43.3 Å². The molecule has 0 saturated carbocycles. The Bertz CT molecular complexity index is 1200. The number of aromatic nitrogens is 5. The van der Waals surface area contributed by atoms with Gasteiger partial charge < -0.3 is 5.32 Å². The standard InChI is InChI=1S/C21H20N6O2/c1-15-18-4-2-3-5-19(18)21(29)27(25-15)12-20(28)23-10-16-6-8-17(9-7-16)11-26-14-22-13-24-26/h2-9,13-14H,10-12H2,1H3,(H,23,28). The van der Waals surface area contributed by atoms with Gasteiger partial charge in [-0.25, -0.2) is 14.3 Å². The van der Waals surface area contributed by atoms with Crippen molar-refractivity contribution >= 4 is 16.7 Å². The van der Waals surface area contributed by atoms with Gasteiger partial charge >= 0.3 is 0 Å². The normalized spacial score (nSPS) is 10.9. The number of fused-ring (bicyclic) bond motifs is 1. The van der Waals surface area contributed by atoms with Crippen molar-refractivity contribution in [3.63, 3.8) is 0 Å². The van der Waals surface area contributed by atoms with E-state index in [0.717, 1.165) is 22.2 Å². The van der Waals surface area contributed by atoms with Crippen molar-refractivity contribution in [3.05, 3.63) is 88.4 Å². The van der Waals surface area contributed by atoms with Crippen molar-refractivity contribution in [3.8, 4) is 0 Å². The van der Waals surface area contributed by atoms with Gasteiger partial charge in [0.05, 0.1) is 17.6 Å². The van der Waals surface area contributed by atoms with Crippen LogP contribution in [-0.4, -0.2) is 30.5 Å². The summed E-state index contributed by atoms with van der Waals surface area (Å²) in [7, 11) is 0. The second-order valence-electron chi connectivity index (χ2n) is 6.78. The second-order valence-corrected chi connectivity index (χ2v) is 6.78. The van der Waals surface area contributed by atoms with Crippen molar-refractivity contribution in [2.24, 2.45) is 0 Å². The van der Waals surface area contributed by atoms with E-state index in [4.69, 9.17) is 0 Å². The second kappa shape index (κ2) is 8.05. The highest BCUT2D eigenvalue weighted by Gasteiger charge is 2.10. The zero-order valence-electron chi connectivity index (χ0n) is 15.9. The number of amides is 1. The quantitative estimate of drug-likeness (QED) is 0.542. The average Bonchev–Trinajstić information content (AvgIpc) is 3.24. The zero-order chi connectivity index (χ0) is 20.2. The Morgan fingerprint density at radius 2 is 1.76 bits per heavy atom. The number of nitrogens with zero attached hydrogens (tertiary/aromatic N) is 5. The summed E-state index contributed by atoms with van der Waals surface area (Å²) in [5.41, 5.74) is 2.51. The van der Waals surface area contributed by atoms with Crippen LogP contribution in [0.5, 0.6) is 0 Å². The number of carbonyl (C=O) groups excluding carboxylic acids is 1. The molecule has 0 fully saturated rings. The fourth-order valence-electron chi connectivity index (χ4n) is 3.17. The Hall–Kier alpha value is -3.81. The molecule has 0 aliphatic carbocycles. The van der Waals surface area contributed by atoms with Gasteiger partial charge in [0.15, 0.2) is 0 Å². The first-order valence-corrected chi connectivity index (χ1v) is 9.23. The van der Waals surface area contributed by atoms with Crippen LogP contribution in [0, 0.1) is 6.92 Å². The number of aryl methyl sites for hydroxylation is 1. The zero-order valence-corrected chi connectivity index (χ0v) is 15.9. The van der Waals surface area contributed by atoms with Gasteiger partial charge in [0.2, 0.25) is 5.91 Å². The van der Waals surface area contributed by atoms with E-state index in [9.17, 15) is 9.59 Å². The maximum atomic E-state index is 12.6. The molecule has 1 amide bonds. The monoisotopic (exact) mass is 388 g/mol. The molecule has 0 unspecified atom stereocenters. The molecular weight excluding hydrogens is 368 g/mol. The molecule has 0 saturated heterocycles. The van der Waals surface area contributed by atoms with E-state index in [-0.39, 0.29) is 18.0 Å². The van der Waals surface area contributed by atoms with Crippen molar-refractivity contribution < 1.29 is 4.79 Å². The van der Waals surface area contributed by atoms with Crippen LogP contribution >= 0.6 is 0 Å². The van der Waals surface area contributed by atoms with Gasteiger partial charge in [-0.05, 0) is 24.1 Å². The lowest BCUT2D eigenvalue weighted by atomic mass is 10.1. The maximum Gasteiger partial charge on any atom is 0.275 e. The molecule has 146 valence electrons. The Balaban J connectivity index is 1.38. The van der Waals surface area contributed by atoms with Crippen LogP contribution in [-0.2, 0) is 24.4 Å². The predicted octanol–water partition coefficient (Wildman–Crippen LogP) is 1.66. The third kappa shape index (κ3) is 4.21. The van der Waals surface area contributed by atoms with Gasteiger partial charge in [-0.2, -0.15) is 10.2 Å². The third-order valence-electron chi connectivity index (χ3n) is 4.67. The minimum atomic E-state index is -0.265. The molecule has 0 aliphatic heterocycles. The summed E-state index contributed by atoms with van der Waals surface area (Å²) in [5.74, 6) is -0.263. The fraction of sp³-hybridized carbons (Fsp3) is 0.190. The molecule has 0 spiro atoms. The lowest BCUT2D eigenvalue weighted by Gasteiger charge is -2.10. The summed E-state index contributed by atoms with van der Waals surface area (Å²) in [6.07, 6.45) is 3.17. The van der Waals surface area contributed by atoms with Crippen LogP contribution < -0.4 is 10.9 Å². The molecule has 0 atom stereocenters. The lowest BCUT2D eigenvalue weighted by Crippen LogP contribution is -2.33. The van der Waals surface area contributed by atoms with Crippen LogP contribution in [0.1, 0.15) is 16.8 Å². The van der Waals surface area contributed by atoms with Crippen LogP contribution in [0.3, 0.4) is 0 Å². The maximum absolute atomic E-state index is 12.6. The topological polar surface area (TPSA) is 94.7 Å². The number of benzene rings is 2. The van der Waals surface area contributed by atoms with E-state index >= 15 is 0 Å². The molecule has 0 aliphatic rings. The summed E-state index contributed by atoms with van der Waals surface area (Å²) in [6, 6.07) is 15.2. The van der Waals surface area contributed by atoms with Crippen molar-refractivity contribution in [1.29, 1.82) is 0 Å². The highest BCUT2D eigenvalue weighted by atomic mass is 16.2. The minimum Gasteiger partial charge on any atom is -0.350 e.